The third-order valence-corrected chi connectivity index (χ3v) is 4.06. The van der Waals surface area contributed by atoms with Crippen molar-refractivity contribution in [3.63, 3.8) is 0 Å². The van der Waals surface area contributed by atoms with Crippen molar-refractivity contribution < 1.29 is 14.3 Å². The number of ether oxygens (including phenoxy) is 1. The van der Waals surface area contributed by atoms with Crippen LogP contribution < -0.4 is 15.4 Å². The highest BCUT2D eigenvalue weighted by molar-refractivity contribution is 6.06. The molecule has 3 heterocycles. The third-order valence-electron chi connectivity index (χ3n) is 4.06. The summed E-state index contributed by atoms with van der Waals surface area (Å²) in [7, 11) is 0. The summed E-state index contributed by atoms with van der Waals surface area (Å²) in [5.74, 6) is -0.0224. The molecule has 0 radical (unpaired) electrons. The molecule has 0 aliphatic carbocycles. The van der Waals surface area contributed by atoms with E-state index < -0.39 is 0 Å². The van der Waals surface area contributed by atoms with Gasteiger partial charge in [0.1, 0.15) is 5.75 Å². The first-order chi connectivity index (χ1) is 12.5. The Labute approximate surface area is 149 Å². The average molecular weight is 351 g/mol. The highest BCUT2D eigenvalue weighted by Gasteiger charge is 2.18. The van der Waals surface area contributed by atoms with Crippen LogP contribution in [-0.2, 0) is 4.79 Å². The van der Waals surface area contributed by atoms with E-state index in [-0.39, 0.29) is 24.5 Å². The smallest absolute Gasteiger partial charge is 0.262 e. The van der Waals surface area contributed by atoms with Crippen LogP contribution in [0, 0.1) is 0 Å². The number of benzene rings is 1. The van der Waals surface area contributed by atoms with Gasteiger partial charge < -0.3 is 15.4 Å². The maximum absolute atomic E-state index is 12.5. The molecule has 4 rings (SSSR count). The molecule has 1 aromatic carbocycles. The first kappa shape index (κ1) is 16.1. The molecule has 0 saturated carbocycles. The van der Waals surface area contributed by atoms with Crippen molar-refractivity contribution in [1.29, 1.82) is 0 Å². The van der Waals surface area contributed by atoms with E-state index in [0.29, 0.717) is 22.7 Å². The Balaban J connectivity index is 1.56. The van der Waals surface area contributed by atoms with E-state index in [2.05, 4.69) is 20.7 Å². The Morgan fingerprint density at radius 3 is 2.96 bits per heavy atom. The van der Waals surface area contributed by atoms with Gasteiger partial charge in [0.15, 0.2) is 12.3 Å². The minimum Gasteiger partial charge on any atom is -0.482 e. The zero-order valence-electron chi connectivity index (χ0n) is 14.3. The van der Waals surface area contributed by atoms with Crippen LogP contribution in [0.25, 0.3) is 11.0 Å². The lowest BCUT2D eigenvalue weighted by molar-refractivity contribution is -0.118. The summed E-state index contributed by atoms with van der Waals surface area (Å²) in [6, 6.07) is 6.92. The van der Waals surface area contributed by atoms with Gasteiger partial charge in [-0.2, -0.15) is 5.10 Å². The van der Waals surface area contributed by atoms with Gasteiger partial charge in [-0.3, -0.25) is 9.59 Å². The topological polar surface area (TPSA) is 98.1 Å². The molecule has 0 saturated heterocycles. The third kappa shape index (κ3) is 2.85. The van der Waals surface area contributed by atoms with E-state index in [1.165, 1.54) is 0 Å². The molecule has 8 heteroatoms. The first-order valence-electron chi connectivity index (χ1n) is 8.22. The minimum absolute atomic E-state index is 0.0570. The molecule has 1 aliphatic heterocycles. The molecule has 0 fully saturated rings. The lowest BCUT2D eigenvalue weighted by Crippen LogP contribution is -2.25. The molecule has 8 nitrogen and oxygen atoms in total. The lowest BCUT2D eigenvalue weighted by atomic mass is 10.1. The van der Waals surface area contributed by atoms with Crippen molar-refractivity contribution in [3.05, 3.63) is 42.2 Å². The quantitative estimate of drug-likeness (QED) is 0.756. The second-order valence-electron chi connectivity index (χ2n) is 6.32. The highest BCUT2D eigenvalue weighted by Crippen LogP contribution is 2.29. The van der Waals surface area contributed by atoms with Crippen molar-refractivity contribution in [3.8, 4) is 5.75 Å². The van der Waals surface area contributed by atoms with Crippen LogP contribution >= 0.6 is 0 Å². The first-order valence-corrected chi connectivity index (χ1v) is 8.22. The summed E-state index contributed by atoms with van der Waals surface area (Å²) in [5, 5.41) is 10.7. The number of carbonyl (C=O) groups excluding carboxylic acids is 2. The SMILES string of the molecule is CC(C)n1ncc2cc(NC(=O)c3ccc4c(c3)OCC(=O)N4)cnc21. The summed E-state index contributed by atoms with van der Waals surface area (Å²) < 4.78 is 7.17. The van der Waals surface area contributed by atoms with Gasteiger partial charge in [-0.05, 0) is 38.1 Å². The van der Waals surface area contributed by atoms with Crippen LogP contribution in [0.2, 0.25) is 0 Å². The number of fused-ring (bicyclic) bond motifs is 2. The normalized spacial score (nSPS) is 13.3. The van der Waals surface area contributed by atoms with Crippen molar-refractivity contribution >= 4 is 34.2 Å². The second kappa shape index (κ2) is 6.14. The van der Waals surface area contributed by atoms with E-state index in [9.17, 15) is 9.59 Å². The maximum Gasteiger partial charge on any atom is 0.262 e. The van der Waals surface area contributed by atoms with Crippen molar-refractivity contribution in [2.24, 2.45) is 0 Å². The fourth-order valence-electron chi connectivity index (χ4n) is 2.81. The highest BCUT2D eigenvalue weighted by atomic mass is 16.5. The number of hydrogen-bond acceptors (Lipinski definition) is 5. The number of nitrogens with zero attached hydrogens (tertiary/aromatic N) is 3. The van der Waals surface area contributed by atoms with Gasteiger partial charge in [0.25, 0.3) is 11.8 Å². The molecule has 26 heavy (non-hydrogen) atoms. The van der Waals surface area contributed by atoms with E-state index in [4.69, 9.17) is 4.74 Å². The molecule has 0 unspecified atom stereocenters. The molecule has 3 aromatic rings. The Bertz CT molecular complexity index is 1020. The monoisotopic (exact) mass is 351 g/mol. The number of hydrogen-bond donors (Lipinski definition) is 2. The predicted molar refractivity (Wildman–Crippen MR) is 96.4 cm³/mol. The number of rotatable bonds is 3. The lowest BCUT2D eigenvalue weighted by Gasteiger charge is -2.18. The van der Waals surface area contributed by atoms with Gasteiger partial charge in [0.05, 0.1) is 23.8 Å². The summed E-state index contributed by atoms with van der Waals surface area (Å²) in [6.45, 7) is 4.01. The van der Waals surface area contributed by atoms with Crippen LogP contribution in [0.1, 0.15) is 30.2 Å². The van der Waals surface area contributed by atoms with E-state index in [1.54, 1.807) is 30.6 Å². The van der Waals surface area contributed by atoms with Gasteiger partial charge in [0, 0.05) is 17.0 Å². The summed E-state index contributed by atoms with van der Waals surface area (Å²) in [6.07, 6.45) is 3.34. The van der Waals surface area contributed by atoms with Crippen LogP contribution in [0.5, 0.6) is 5.75 Å². The van der Waals surface area contributed by atoms with Crippen molar-refractivity contribution in [1.82, 2.24) is 14.8 Å². The summed E-state index contributed by atoms with van der Waals surface area (Å²) >= 11 is 0. The Morgan fingerprint density at radius 1 is 1.31 bits per heavy atom. The zero-order chi connectivity index (χ0) is 18.3. The number of nitrogens with one attached hydrogen (secondary N) is 2. The van der Waals surface area contributed by atoms with E-state index in [1.807, 2.05) is 24.6 Å². The number of anilines is 2. The van der Waals surface area contributed by atoms with Crippen LogP contribution in [0.4, 0.5) is 11.4 Å². The number of carbonyl (C=O) groups is 2. The molecular formula is C18H17N5O3. The molecule has 2 N–H and O–H groups in total. The van der Waals surface area contributed by atoms with Gasteiger partial charge in [-0.25, -0.2) is 9.67 Å². The van der Waals surface area contributed by atoms with Crippen LogP contribution in [0.3, 0.4) is 0 Å². The molecule has 0 atom stereocenters. The van der Waals surface area contributed by atoms with Crippen molar-refractivity contribution in [2.75, 3.05) is 17.2 Å². The second-order valence-corrected chi connectivity index (χ2v) is 6.32. The van der Waals surface area contributed by atoms with E-state index >= 15 is 0 Å². The fourth-order valence-corrected chi connectivity index (χ4v) is 2.81. The number of aromatic nitrogens is 3. The molecule has 132 valence electrons. The van der Waals surface area contributed by atoms with E-state index in [0.717, 1.165) is 11.0 Å². The van der Waals surface area contributed by atoms with Crippen LogP contribution in [0.15, 0.2) is 36.7 Å². The maximum atomic E-state index is 12.5. The molecule has 2 aromatic heterocycles. The molecular weight excluding hydrogens is 334 g/mol. The number of pyridine rings is 1. The Kier molecular flexibility index (Phi) is 3.80. The minimum atomic E-state index is -0.286. The summed E-state index contributed by atoms with van der Waals surface area (Å²) in [4.78, 5) is 28.2. The molecule has 0 bridgehead atoms. The predicted octanol–water partition coefficient (Wildman–Crippen LogP) is 2.60. The average Bonchev–Trinajstić information content (AvgIpc) is 3.04. The molecule has 1 aliphatic rings. The Morgan fingerprint density at radius 2 is 2.15 bits per heavy atom. The van der Waals surface area contributed by atoms with Gasteiger partial charge in [-0.15, -0.1) is 0 Å². The van der Waals surface area contributed by atoms with Gasteiger partial charge in [0.2, 0.25) is 0 Å². The summed E-state index contributed by atoms with van der Waals surface area (Å²) in [5.41, 5.74) is 2.34. The standard InChI is InChI=1S/C18H17N5O3/c1-10(2)23-17-12(7-20-23)5-13(8-19-17)21-18(25)11-3-4-14-15(6-11)26-9-16(24)22-14/h3-8,10H,9H2,1-2H3,(H,21,25)(H,22,24). The molecule has 0 spiro atoms. The largest absolute Gasteiger partial charge is 0.482 e. The van der Waals surface area contributed by atoms with Crippen LogP contribution in [-0.4, -0.2) is 33.2 Å². The van der Waals surface area contributed by atoms with Gasteiger partial charge >= 0.3 is 0 Å². The number of amides is 2. The Hall–Kier alpha value is -3.42. The van der Waals surface area contributed by atoms with Crippen molar-refractivity contribution in [2.45, 2.75) is 19.9 Å². The zero-order valence-corrected chi connectivity index (χ0v) is 14.3. The van der Waals surface area contributed by atoms with Gasteiger partial charge in [-0.1, -0.05) is 0 Å². The fraction of sp³-hybridized carbons (Fsp3) is 0.222. The molecule has 2 amide bonds.